The first-order valence-electron chi connectivity index (χ1n) is 5.56. The maximum Gasteiger partial charge on any atom is 0.223 e. The van der Waals surface area contributed by atoms with Gasteiger partial charge < -0.3 is 15.2 Å². The van der Waals surface area contributed by atoms with Gasteiger partial charge in [0.1, 0.15) is 6.54 Å². The molecule has 0 aromatic carbocycles. The second kappa shape index (κ2) is 7.94. The Morgan fingerprint density at radius 3 is 2.88 bits per heavy atom. The summed E-state index contributed by atoms with van der Waals surface area (Å²) in [7, 11) is 0. The number of rotatable bonds is 6. The highest BCUT2D eigenvalue weighted by molar-refractivity contribution is 7.98. The average Bonchev–Trinajstić information content (AvgIpc) is 2.72. The molecule has 1 rings (SSSR count). The Balaban J connectivity index is 2.44. The molecule has 0 amide bonds. The lowest BCUT2D eigenvalue weighted by molar-refractivity contribution is 0.387. The van der Waals surface area contributed by atoms with Crippen molar-refractivity contribution >= 4 is 17.7 Å². The van der Waals surface area contributed by atoms with Crippen LogP contribution in [-0.4, -0.2) is 41.2 Å². The summed E-state index contributed by atoms with van der Waals surface area (Å²) in [4.78, 5) is 8.46. The second-order valence-corrected chi connectivity index (χ2v) is 4.33. The van der Waals surface area contributed by atoms with E-state index in [0.717, 1.165) is 24.8 Å². The number of nitrogens with zero attached hydrogens (tertiary/aromatic N) is 3. The third-order valence-corrected chi connectivity index (χ3v) is 2.50. The molecule has 0 aliphatic heterocycles. The molecule has 17 heavy (non-hydrogen) atoms. The average molecular weight is 257 g/mol. The van der Waals surface area contributed by atoms with E-state index >= 15 is 0 Å². The van der Waals surface area contributed by atoms with Gasteiger partial charge in [0.05, 0.1) is 0 Å². The molecule has 7 heteroatoms. The predicted molar refractivity (Wildman–Crippen MR) is 70.2 cm³/mol. The number of guanidine groups is 1. The van der Waals surface area contributed by atoms with Crippen LogP contribution in [0.5, 0.6) is 0 Å². The summed E-state index contributed by atoms with van der Waals surface area (Å²) < 4.78 is 4.88. The molecule has 96 valence electrons. The number of hydrogen-bond donors (Lipinski definition) is 2. The zero-order chi connectivity index (χ0) is 12.5. The van der Waals surface area contributed by atoms with E-state index in [4.69, 9.17) is 4.52 Å². The number of hydrogen-bond acceptors (Lipinski definition) is 5. The summed E-state index contributed by atoms with van der Waals surface area (Å²) in [5, 5.41) is 10.2. The maximum absolute atomic E-state index is 4.88. The van der Waals surface area contributed by atoms with E-state index in [1.54, 1.807) is 18.7 Å². The van der Waals surface area contributed by atoms with Gasteiger partial charge in [0.25, 0.3) is 0 Å². The van der Waals surface area contributed by atoms with Gasteiger partial charge in [-0.05, 0) is 13.2 Å². The molecule has 0 atom stereocenters. The highest BCUT2D eigenvalue weighted by Gasteiger charge is 2.02. The van der Waals surface area contributed by atoms with Crippen LogP contribution in [0.25, 0.3) is 0 Å². The SMILES string of the molecule is CCNC(=NCc1noc(C)n1)NCCSC. The lowest BCUT2D eigenvalue weighted by atomic mass is 10.6. The van der Waals surface area contributed by atoms with E-state index in [2.05, 4.69) is 32.0 Å². The predicted octanol–water partition coefficient (Wildman–Crippen LogP) is 0.796. The Morgan fingerprint density at radius 1 is 1.47 bits per heavy atom. The molecule has 0 radical (unpaired) electrons. The first-order chi connectivity index (χ1) is 8.26. The molecule has 2 N–H and O–H groups in total. The molecule has 0 unspecified atom stereocenters. The molecule has 0 saturated heterocycles. The van der Waals surface area contributed by atoms with Crippen LogP contribution in [0.15, 0.2) is 9.52 Å². The molecule has 1 aromatic heterocycles. The largest absolute Gasteiger partial charge is 0.357 e. The monoisotopic (exact) mass is 257 g/mol. The smallest absolute Gasteiger partial charge is 0.223 e. The van der Waals surface area contributed by atoms with Crippen LogP contribution in [0.4, 0.5) is 0 Å². The number of thioether (sulfide) groups is 1. The molecule has 1 aromatic rings. The summed E-state index contributed by atoms with van der Waals surface area (Å²) in [6.45, 7) is 5.94. The van der Waals surface area contributed by atoms with Crippen molar-refractivity contribution in [3.8, 4) is 0 Å². The standard InChI is InChI=1S/C10H19N5OS/c1-4-11-10(12-5-6-17-3)13-7-9-14-8(2)16-15-9/h4-7H2,1-3H3,(H2,11,12,13). The summed E-state index contributed by atoms with van der Waals surface area (Å²) in [6, 6.07) is 0. The van der Waals surface area contributed by atoms with Gasteiger partial charge in [0.15, 0.2) is 11.8 Å². The highest BCUT2D eigenvalue weighted by Crippen LogP contribution is 1.96. The Morgan fingerprint density at radius 2 is 2.29 bits per heavy atom. The van der Waals surface area contributed by atoms with Crippen LogP contribution in [0, 0.1) is 6.92 Å². The van der Waals surface area contributed by atoms with Gasteiger partial charge in [0, 0.05) is 25.8 Å². The molecule has 1 heterocycles. The number of nitrogens with one attached hydrogen (secondary N) is 2. The van der Waals surface area contributed by atoms with Gasteiger partial charge in [-0.2, -0.15) is 16.7 Å². The molecular weight excluding hydrogens is 238 g/mol. The lowest BCUT2D eigenvalue weighted by Crippen LogP contribution is -2.38. The van der Waals surface area contributed by atoms with Crippen LogP contribution in [0.1, 0.15) is 18.6 Å². The lowest BCUT2D eigenvalue weighted by Gasteiger charge is -2.09. The minimum absolute atomic E-state index is 0.423. The highest BCUT2D eigenvalue weighted by atomic mass is 32.2. The molecule has 0 aliphatic rings. The van der Waals surface area contributed by atoms with E-state index < -0.39 is 0 Å². The van der Waals surface area contributed by atoms with Crippen molar-refractivity contribution < 1.29 is 4.52 Å². The molecular formula is C10H19N5OS. The van der Waals surface area contributed by atoms with E-state index in [1.165, 1.54) is 0 Å². The van der Waals surface area contributed by atoms with Gasteiger partial charge in [0.2, 0.25) is 5.89 Å². The quantitative estimate of drug-likeness (QED) is 0.446. The zero-order valence-corrected chi connectivity index (χ0v) is 11.3. The van der Waals surface area contributed by atoms with E-state index in [-0.39, 0.29) is 0 Å². The fourth-order valence-corrected chi connectivity index (χ4v) is 1.47. The molecule has 0 fully saturated rings. The van der Waals surface area contributed by atoms with Crippen LogP contribution >= 0.6 is 11.8 Å². The Hall–Kier alpha value is -1.24. The van der Waals surface area contributed by atoms with Gasteiger partial charge >= 0.3 is 0 Å². The van der Waals surface area contributed by atoms with Crippen molar-refractivity contribution in [3.05, 3.63) is 11.7 Å². The molecule has 0 saturated carbocycles. The minimum Gasteiger partial charge on any atom is -0.357 e. The van der Waals surface area contributed by atoms with Crippen molar-refractivity contribution in [2.75, 3.05) is 25.1 Å². The van der Waals surface area contributed by atoms with Crippen molar-refractivity contribution in [1.29, 1.82) is 0 Å². The van der Waals surface area contributed by atoms with E-state index in [0.29, 0.717) is 18.3 Å². The van der Waals surface area contributed by atoms with Crippen molar-refractivity contribution in [1.82, 2.24) is 20.8 Å². The van der Waals surface area contributed by atoms with Crippen molar-refractivity contribution in [2.24, 2.45) is 4.99 Å². The van der Waals surface area contributed by atoms with Gasteiger partial charge in [-0.15, -0.1) is 0 Å². The first-order valence-corrected chi connectivity index (χ1v) is 6.96. The van der Waals surface area contributed by atoms with Gasteiger partial charge in [-0.25, -0.2) is 4.99 Å². The van der Waals surface area contributed by atoms with E-state index in [9.17, 15) is 0 Å². The summed E-state index contributed by atoms with van der Waals surface area (Å²) in [5.74, 6) is 3.00. The number of aliphatic imine (C=N–C) groups is 1. The van der Waals surface area contributed by atoms with Crippen LogP contribution in [0.2, 0.25) is 0 Å². The van der Waals surface area contributed by atoms with E-state index in [1.807, 2.05) is 6.92 Å². The van der Waals surface area contributed by atoms with Gasteiger partial charge in [-0.1, -0.05) is 5.16 Å². The zero-order valence-electron chi connectivity index (χ0n) is 10.5. The topological polar surface area (TPSA) is 75.3 Å². The maximum atomic E-state index is 4.88. The number of aromatic nitrogens is 2. The second-order valence-electron chi connectivity index (χ2n) is 3.34. The number of aryl methyl sites for hydroxylation is 1. The third kappa shape index (κ3) is 5.58. The van der Waals surface area contributed by atoms with Crippen LogP contribution < -0.4 is 10.6 Å². The fourth-order valence-electron chi connectivity index (χ4n) is 1.17. The Labute approximate surface area is 106 Å². The van der Waals surface area contributed by atoms with Crippen molar-refractivity contribution in [2.45, 2.75) is 20.4 Å². The summed E-state index contributed by atoms with van der Waals surface area (Å²) >= 11 is 1.79. The first kappa shape index (κ1) is 13.8. The van der Waals surface area contributed by atoms with Crippen LogP contribution in [-0.2, 0) is 6.54 Å². The summed E-state index contributed by atoms with van der Waals surface area (Å²) in [6.07, 6.45) is 2.08. The van der Waals surface area contributed by atoms with Crippen molar-refractivity contribution in [3.63, 3.8) is 0 Å². The van der Waals surface area contributed by atoms with Gasteiger partial charge in [-0.3, -0.25) is 0 Å². The minimum atomic E-state index is 0.423. The molecule has 0 spiro atoms. The normalized spacial score (nSPS) is 11.6. The third-order valence-electron chi connectivity index (χ3n) is 1.89. The Bertz CT molecular complexity index is 352. The Kier molecular flexibility index (Phi) is 6.46. The van der Waals surface area contributed by atoms with Crippen LogP contribution in [0.3, 0.4) is 0 Å². The fraction of sp³-hybridized carbons (Fsp3) is 0.700. The molecule has 0 bridgehead atoms. The summed E-state index contributed by atoms with van der Waals surface area (Å²) in [5.41, 5.74) is 0. The molecule has 6 nitrogen and oxygen atoms in total. The molecule has 0 aliphatic carbocycles.